The Morgan fingerprint density at radius 3 is 2.62 bits per heavy atom. The van der Waals surface area contributed by atoms with Crippen LogP contribution in [0.15, 0.2) is 0 Å². The SMILES string of the molecule is CCCCOC(=O)NC[C@H]1CC[C@H](C)CC1. The zero-order valence-corrected chi connectivity index (χ0v) is 10.6. The van der Waals surface area contributed by atoms with Crippen molar-refractivity contribution in [2.24, 2.45) is 11.8 Å². The molecule has 1 aliphatic carbocycles. The minimum Gasteiger partial charge on any atom is -0.450 e. The van der Waals surface area contributed by atoms with Crippen LogP contribution in [0.4, 0.5) is 4.79 Å². The number of alkyl carbamates (subject to hydrolysis) is 1. The molecule has 0 aliphatic heterocycles. The summed E-state index contributed by atoms with van der Waals surface area (Å²) in [6.07, 6.45) is 6.87. The van der Waals surface area contributed by atoms with Crippen molar-refractivity contribution in [2.45, 2.75) is 52.4 Å². The molecule has 0 radical (unpaired) electrons. The lowest BCUT2D eigenvalue weighted by atomic mass is 9.83. The zero-order valence-electron chi connectivity index (χ0n) is 10.6. The van der Waals surface area contributed by atoms with E-state index in [1.165, 1.54) is 25.7 Å². The molecule has 0 aromatic rings. The summed E-state index contributed by atoms with van der Waals surface area (Å²) in [5.74, 6) is 1.53. The molecule has 0 unspecified atom stereocenters. The molecular weight excluding hydrogens is 202 g/mol. The Hall–Kier alpha value is -0.730. The van der Waals surface area contributed by atoms with E-state index in [9.17, 15) is 4.79 Å². The maximum Gasteiger partial charge on any atom is 0.407 e. The maximum atomic E-state index is 11.3. The highest BCUT2D eigenvalue weighted by Crippen LogP contribution is 2.27. The smallest absolute Gasteiger partial charge is 0.407 e. The van der Waals surface area contributed by atoms with Crippen molar-refractivity contribution in [3.05, 3.63) is 0 Å². The lowest BCUT2D eigenvalue weighted by molar-refractivity contribution is 0.141. The third kappa shape index (κ3) is 5.38. The molecule has 1 amide bonds. The summed E-state index contributed by atoms with van der Waals surface area (Å²) in [6, 6.07) is 0. The van der Waals surface area contributed by atoms with E-state index in [1.54, 1.807) is 0 Å². The van der Waals surface area contributed by atoms with Crippen molar-refractivity contribution in [1.29, 1.82) is 0 Å². The van der Waals surface area contributed by atoms with Gasteiger partial charge in [-0.25, -0.2) is 4.79 Å². The normalized spacial score (nSPS) is 25.1. The first-order valence-electron chi connectivity index (χ1n) is 6.63. The monoisotopic (exact) mass is 227 g/mol. The van der Waals surface area contributed by atoms with Gasteiger partial charge in [-0.05, 0) is 31.1 Å². The van der Waals surface area contributed by atoms with E-state index in [4.69, 9.17) is 4.74 Å². The van der Waals surface area contributed by atoms with Crippen molar-refractivity contribution in [3.63, 3.8) is 0 Å². The Bertz CT molecular complexity index is 198. The molecule has 94 valence electrons. The van der Waals surface area contributed by atoms with E-state index in [1.807, 2.05) is 0 Å². The van der Waals surface area contributed by atoms with Crippen LogP contribution in [0.25, 0.3) is 0 Å². The summed E-state index contributed by atoms with van der Waals surface area (Å²) in [7, 11) is 0. The predicted octanol–water partition coefficient (Wildman–Crippen LogP) is 3.34. The van der Waals surface area contributed by atoms with Gasteiger partial charge in [-0.15, -0.1) is 0 Å². The highest BCUT2D eigenvalue weighted by Gasteiger charge is 2.18. The second-order valence-corrected chi connectivity index (χ2v) is 5.00. The minimum atomic E-state index is -0.243. The molecule has 1 aliphatic rings. The van der Waals surface area contributed by atoms with Crippen molar-refractivity contribution in [3.8, 4) is 0 Å². The van der Waals surface area contributed by atoms with Crippen LogP contribution < -0.4 is 5.32 Å². The van der Waals surface area contributed by atoms with Crippen molar-refractivity contribution in [2.75, 3.05) is 13.2 Å². The lowest BCUT2D eigenvalue weighted by Crippen LogP contribution is -2.31. The van der Waals surface area contributed by atoms with E-state index in [-0.39, 0.29) is 6.09 Å². The van der Waals surface area contributed by atoms with E-state index in [0.717, 1.165) is 25.3 Å². The quantitative estimate of drug-likeness (QED) is 0.731. The first-order valence-corrected chi connectivity index (χ1v) is 6.63. The second-order valence-electron chi connectivity index (χ2n) is 5.00. The van der Waals surface area contributed by atoms with E-state index in [2.05, 4.69) is 19.2 Å². The van der Waals surface area contributed by atoms with Gasteiger partial charge in [0, 0.05) is 6.54 Å². The molecule has 0 aromatic heterocycles. The number of ether oxygens (including phenoxy) is 1. The van der Waals surface area contributed by atoms with Crippen LogP contribution in [0, 0.1) is 11.8 Å². The average Bonchev–Trinajstić information content (AvgIpc) is 2.29. The molecule has 3 nitrogen and oxygen atoms in total. The molecule has 1 N–H and O–H groups in total. The molecule has 16 heavy (non-hydrogen) atoms. The van der Waals surface area contributed by atoms with Gasteiger partial charge in [0.2, 0.25) is 0 Å². The Kier molecular flexibility index (Phi) is 6.27. The van der Waals surface area contributed by atoms with Gasteiger partial charge in [-0.2, -0.15) is 0 Å². The molecule has 0 spiro atoms. The van der Waals surface area contributed by atoms with Crippen molar-refractivity contribution in [1.82, 2.24) is 5.32 Å². The Morgan fingerprint density at radius 2 is 2.00 bits per heavy atom. The van der Waals surface area contributed by atoms with E-state index < -0.39 is 0 Å². The summed E-state index contributed by atoms with van der Waals surface area (Å²) in [4.78, 5) is 11.3. The minimum absolute atomic E-state index is 0.243. The van der Waals surface area contributed by atoms with Crippen LogP contribution in [0.2, 0.25) is 0 Å². The summed E-state index contributed by atoms with van der Waals surface area (Å²) >= 11 is 0. The Morgan fingerprint density at radius 1 is 1.31 bits per heavy atom. The Balaban J connectivity index is 2.03. The van der Waals surface area contributed by atoms with Gasteiger partial charge in [-0.1, -0.05) is 33.1 Å². The molecule has 1 saturated carbocycles. The van der Waals surface area contributed by atoms with Gasteiger partial charge in [-0.3, -0.25) is 0 Å². The number of carbonyl (C=O) groups is 1. The third-order valence-corrected chi connectivity index (χ3v) is 3.40. The van der Waals surface area contributed by atoms with Crippen LogP contribution in [0.3, 0.4) is 0 Å². The largest absolute Gasteiger partial charge is 0.450 e. The van der Waals surface area contributed by atoms with E-state index >= 15 is 0 Å². The number of nitrogens with one attached hydrogen (secondary N) is 1. The first kappa shape index (κ1) is 13.3. The summed E-state index contributed by atoms with van der Waals surface area (Å²) in [5.41, 5.74) is 0. The summed E-state index contributed by atoms with van der Waals surface area (Å²) in [5, 5.41) is 2.86. The van der Waals surface area contributed by atoms with Crippen LogP contribution in [0.5, 0.6) is 0 Å². The highest BCUT2D eigenvalue weighted by atomic mass is 16.5. The lowest BCUT2D eigenvalue weighted by Gasteiger charge is -2.26. The number of unbranched alkanes of at least 4 members (excludes halogenated alkanes) is 1. The highest BCUT2D eigenvalue weighted by molar-refractivity contribution is 5.67. The number of hydrogen-bond acceptors (Lipinski definition) is 2. The average molecular weight is 227 g/mol. The predicted molar refractivity (Wildman–Crippen MR) is 65.4 cm³/mol. The van der Waals surface area contributed by atoms with Gasteiger partial charge >= 0.3 is 6.09 Å². The molecule has 0 saturated heterocycles. The van der Waals surface area contributed by atoms with Gasteiger partial charge in [0.05, 0.1) is 6.61 Å². The molecule has 1 fully saturated rings. The molecule has 0 heterocycles. The number of amides is 1. The number of rotatable bonds is 5. The summed E-state index contributed by atoms with van der Waals surface area (Å²) in [6.45, 7) is 5.73. The maximum absolute atomic E-state index is 11.3. The van der Waals surface area contributed by atoms with Crippen LogP contribution in [-0.4, -0.2) is 19.2 Å². The van der Waals surface area contributed by atoms with Crippen LogP contribution in [0.1, 0.15) is 52.4 Å². The fourth-order valence-electron chi connectivity index (χ4n) is 2.12. The van der Waals surface area contributed by atoms with Gasteiger partial charge in [0.25, 0.3) is 0 Å². The summed E-state index contributed by atoms with van der Waals surface area (Å²) < 4.78 is 5.04. The van der Waals surface area contributed by atoms with Crippen LogP contribution in [-0.2, 0) is 4.74 Å². The second kappa shape index (κ2) is 7.53. The Labute approximate surface area is 98.9 Å². The fourth-order valence-corrected chi connectivity index (χ4v) is 2.12. The fraction of sp³-hybridized carbons (Fsp3) is 0.923. The first-order chi connectivity index (χ1) is 7.72. The van der Waals surface area contributed by atoms with Crippen LogP contribution >= 0.6 is 0 Å². The van der Waals surface area contributed by atoms with Gasteiger partial charge < -0.3 is 10.1 Å². The molecule has 0 aromatic carbocycles. The number of carbonyl (C=O) groups excluding carboxylic acids is 1. The van der Waals surface area contributed by atoms with E-state index in [0.29, 0.717) is 12.5 Å². The van der Waals surface area contributed by atoms with Crippen molar-refractivity contribution < 1.29 is 9.53 Å². The zero-order chi connectivity index (χ0) is 11.8. The van der Waals surface area contributed by atoms with Crippen molar-refractivity contribution >= 4 is 6.09 Å². The topological polar surface area (TPSA) is 38.3 Å². The molecule has 3 heteroatoms. The number of hydrogen-bond donors (Lipinski definition) is 1. The molecular formula is C13H25NO2. The third-order valence-electron chi connectivity index (χ3n) is 3.40. The van der Waals surface area contributed by atoms with Gasteiger partial charge in [0.15, 0.2) is 0 Å². The molecule has 1 rings (SSSR count). The molecule has 0 atom stereocenters. The standard InChI is InChI=1S/C13H25NO2/c1-3-4-9-16-13(15)14-10-12-7-5-11(2)6-8-12/h11-12H,3-10H2,1-2H3,(H,14,15)/t11-,12-. The molecule has 0 bridgehead atoms. The van der Waals surface area contributed by atoms with Gasteiger partial charge in [0.1, 0.15) is 0 Å².